The minimum Gasteiger partial charge on any atom is -0.478 e. The number of carboxylic acids is 1. The van der Waals surface area contributed by atoms with E-state index in [0.717, 1.165) is 0 Å². The number of benzene rings is 1. The first-order valence-corrected chi connectivity index (χ1v) is 6.22. The molecule has 20 heavy (non-hydrogen) atoms. The fourth-order valence-corrected chi connectivity index (χ4v) is 1.70. The molecule has 0 aliphatic heterocycles. The van der Waals surface area contributed by atoms with Gasteiger partial charge in [0, 0.05) is 12.6 Å². The van der Waals surface area contributed by atoms with Crippen LogP contribution in [0.4, 0.5) is 5.69 Å². The molecule has 108 valence electrons. The van der Waals surface area contributed by atoms with Crippen LogP contribution in [0.5, 0.6) is 0 Å². The lowest BCUT2D eigenvalue weighted by Gasteiger charge is -2.21. The quantitative estimate of drug-likeness (QED) is 0.760. The highest BCUT2D eigenvalue weighted by Gasteiger charge is 2.23. The summed E-state index contributed by atoms with van der Waals surface area (Å²) in [7, 11) is 0. The third-order valence-electron chi connectivity index (χ3n) is 2.68. The molecule has 0 saturated carbocycles. The average Bonchev–Trinajstić information content (AvgIpc) is 2.35. The molecule has 1 unspecified atom stereocenters. The molecule has 0 saturated heterocycles. The number of nitrogens with one attached hydrogen (secondary N) is 2. The van der Waals surface area contributed by atoms with Crippen LogP contribution in [0.15, 0.2) is 24.3 Å². The van der Waals surface area contributed by atoms with Crippen molar-refractivity contribution in [3.05, 3.63) is 29.8 Å². The molecule has 0 aliphatic carbocycles. The largest absolute Gasteiger partial charge is 0.478 e. The smallest absolute Gasteiger partial charge is 0.335 e. The van der Waals surface area contributed by atoms with Crippen molar-refractivity contribution in [3.63, 3.8) is 0 Å². The molecule has 6 heteroatoms. The molecule has 0 heterocycles. The summed E-state index contributed by atoms with van der Waals surface area (Å²) in [5, 5.41) is 14.1. The van der Waals surface area contributed by atoms with Crippen molar-refractivity contribution in [2.75, 3.05) is 5.32 Å². The minimum absolute atomic E-state index is 0.0819. The lowest BCUT2D eigenvalue weighted by atomic mass is 10.0. The van der Waals surface area contributed by atoms with Crippen LogP contribution in [0.2, 0.25) is 0 Å². The Bertz CT molecular complexity index is 526. The first-order valence-electron chi connectivity index (χ1n) is 6.22. The monoisotopic (exact) mass is 278 g/mol. The SMILES string of the molecule is CC(=O)NC(C(=O)Nc1cccc(C(=O)O)c1)C(C)C. The number of carbonyl (C=O) groups excluding carboxylic acids is 2. The van der Waals surface area contributed by atoms with Gasteiger partial charge in [0.25, 0.3) is 0 Å². The van der Waals surface area contributed by atoms with E-state index in [1.807, 2.05) is 13.8 Å². The lowest BCUT2D eigenvalue weighted by Crippen LogP contribution is -2.46. The maximum Gasteiger partial charge on any atom is 0.335 e. The van der Waals surface area contributed by atoms with Gasteiger partial charge in [0.1, 0.15) is 6.04 Å². The van der Waals surface area contributed by atoms with Gasteiger partial charge in [-0.3, -0.25) is 9.59 Å². The summed E-state index contributed by atoms with van der Waals surface area (Å²) in [6, 6.07) is 5.27. The molecule has 0 aliphatic rings. The number of hydrogen-bond donors (Lipinski definition) is 3. The molecule has 0 radical (unpaired) electrons. The first-order chi connectivity index (χ1) is 9.31. The maximum absolute atomic E-state index is 12.1. The molecule has 0 bridgehead atoms. The summed E-state index contributed by atoms with van der Waals surface area (Å²) < 4.78 is 0. The van der Waals surface area contributed by atoms with E-state index in [-0.39, 0.29) is 23.3 Å². The van der Waals surface area contributed by atoms with Crippen molar-refractivity contribution in [2.24, 2.45) is 5.92 Å². The third-order valence-corrected chi connectivity index (χ3v) is 2.68. The molecular weight excluding hydrogens is 260 g/mol. The van der Waals surface area contributed by atoms with E-state index in [1.54, 1.807) is 12.1 Å². The first kappa shape index (κ1) is 15.7. The Morgan fingerprint density at radius 2 is 1.85 bits per heavy atom. The zero-order chi connectivity index (χ0) is 15.3. The molecule has 0 aromatic heterocycles. The normalized spacial score (nSPS) is 11.8. The topological polar surface area (TPSA) is 95.5 Å². The van der Waals surface area contributed by atoms with Gasteiger partial charge in [-0.1, -0.05) is 19.9 Å². The van der Waals surface area contributed by atoms with Crippen LogP contribution in [0.3, 0.4) is 0 Å². The summed E-state index contributed by atoms with van der Waals surface area (Å²) in [5.74, 6) is -1.82. The van der Waals surface area contributed by atoms with Crippen LogP contribution >= 0.6 is 0 Å². The molecular formula is C14H18N2O4. The van der Waals surface area contributed by atoms with E-state index >= 15 is 0 Å². The van der Waals surface area contributed by atoms with Crippen molar-refractivity contribution in [1.29, 1.82) is 0 Å². The van der Waals surface area contributed by atoms with E-state index in [9.17, 15) is 14.4 Å². The van der Waals surface area contributed by atoms with Crippen LogP contribution in [-0.2, 0) is 9.59 Å². The number of hydrogen-bond acceptors (Lipinski definition) is 3. The summed E-state index contributed by atoms with van der Waals surface area (Å²) in [6.07, 6.45) is 0. The molecule has 1 atom stereocenters. The molecule has 1 aromatic carbocycles. The highest BCUT2D eigenvalue weighted by molar-refractivity contribution is 5.98. The number of carboxylic acid groups (broad SMARTS) is 1. The van der Waals surface area contributed by atoms with E-state index < -0.39 is 12.0 Å². The van der Waals surface area contributed by atoms with Crippen molar-refractivity contribution in [2.45, 2.75) is 26.8 Å². The van der Waals surface area contributed by atoms with Gasteiger partial charge < -0.3 is 15.7 Å². The Labute approximate surface area is 117 Å². The van der Waals surface area contributed by atoms with Crippen molar-refractivity contribution >= 4 is 23.5 Å². The molecule has 6 nitrogen and oxygen atoms in total. The van der Waals surface area contributed by atoms with Crippen molar-refractivity contribution in [3.8, 4) is 0 Å². The Hall–Kier alpha value is -2.37. The summed E-state index contributed by atoms with van der Waals surface area (Å²) in [4.78, 5) is 34.0. The summed E-state index contributed by atoms with van der Waals surface area (Å²) >= 11 is 0. The Kier molecular flexibility index (Phi) is 5.25. The van der Waals surface area contributed by atoms with E-state index in [0.29, 0.717) is 5.69 Å². The lowest BCUT2D eigenvalue weighted by molar-refractivity contribution is -0.126. The van der Waals surface area contributed by atoms with Gasteiger partial charge in [-0.2, -0.15) is 0 Å². The Balaban J connectivity index is 2.85. The van der Waals surface area contributed by atoms with E-state index in [4.69, 9.17) is 5.11 Å². The predicted octanol–water partition coefficient (Wildman–Crippen LogP) is 1.48. The fraction of sp³-hybridized carbons (Fsp3) is 0.357. The second kappa shape index (κ2) is 6.70. The minimum atomic E-state index is -1.07. The van der Waals surface area contributed by atoms with Gasteiger partial charge in [-0.25, -0.2) is 4.79 Å². The summed E-state index contributed by atoms with van der Waals surface area (Å²) in [6.45, 7) is 4.97. The second-order valence-corrected chi connectivity index (χ2v) is 4.80. The standard InChI is InChI=1S/C14H18N2O4/c1-8(2)12(15-9(3)17)13(18)16-11-6-4-5-10(7-11)14(19)20/h4-8,12H,1-3H3,(H,15,17)(H,16,18)(H,19,20). The number of rotatable bonds is 5. The van der Waals surface area contributed by atoms with Gasteiger partial charge in [0.2, 0.25) is 11.8 Å². The molecule has 1 aromatic rings. The highest BCUT2D eigenvalue weighted by Crippen LogP contribution is 2.12. The van der Waals surface area contributed by atoms with Crippen LogP contribution in [0, 0.1) is 5.92 Å². The van der Waals surface area contributed by atoms with Crippen molar-refractivity contribution < 1.29 is 19.5 Å². The van der Waals surface area contributed by atoms with Crippen LogP contribution in [0.1, 0.15) is 31.1 Å². The van der Waals surface area contributed by atoms with Crippen LogP contribution in [-0.4, -0.2) is 28.9 Å². The Morgan fingerprint density at radius 3 is 2.35 bits per heavy atom. The molecule has 0 fully saturated rings. The zero-order valence-electron chi connectivity index (χ0n) is 11.6. The highest BCUT2D eigenvalue weighted by atomic mass is 16.4. The van der Waals surface area contributed by atoms with Gasteiger partial charge in [0.05, 0.1) is 5.56 Å². The zero-order valence-corrected chi connectivity index (χ0v) is 11.6. The number of anilines is 1. The van der Waals surface area contributed by atoms with Gasteiger partial charge >= 0.3 is 5.97 Å². The average molecular weight is 278 g/mol. The third kappa shape index (κ3) is 4.38. The number of carbonyl (C=O) groups is 3. The van der Waals surface area contributed by atoms with E-state index in [2.05, 4.69) is 10.6 Å². The molecule has 1 rings (SSSR count). The molecule has 2 amide bonds. The molecule has 0 spiro atoms. The van der Waals surface area contributed by atoms with Gasteiger partial charge in [0.15, 0.2) is 0 Å². The fourth-order valence-electron chi connectivity index (χ4n) is 1.70. The van der Waals surface area contributed by atoms with E-state index in [1.165, 1.54) is 19.1 Å². The van der Waals surface area contributed by atoms with Gasteiger partial charge in [-0.05, 0) is 24.1 Å². The Morgan fingerprint density at radius 1 is 1.20 bits per heavy atom. The number of amides is 2. The second-order valence-electron chi connectivity index (χ2n) is 4.80. The van der Waals surface area contributed by atoms with Crippen LogP contribution in [0.25, 0.3) is 0 Å². The van der Waals surface area contributed by atoms with Crippen molar-refractivity contribution in [1.82, 2.24) is 5.32 Å². The predicted molar refractivity (Wildman–Crippen MR) is 74.5 cm³/mol. The maximum atomic E-state index is 12.1. The number of aromatic carboxylic acids is 1. The molecule has 3 N–H and O–H groups in total. The van der Waals surface area contributed by atoms with Crippen LogP contribution < -0.4 is 10.6 Å². The van der Waals surface area contributed by atoms with Gasteiger partial charge in [-0.15, -0.1) is 0 Å². The summed E-state index contributed by atoms with van der Waals surface area (Å²) in [5.41, 5.74) is 0.467.